The number of carbonyl (C=O) groups excluding carboxylic acids is 2. The van der Waals surface area contributed by atoms with Gasteiger partial charge in [0.25, 0.3) is 5.91 Å². The van der Waals surface area contributed by atoms with Gasteiger partial charge in [-0.25, -0.2) is 0 Å². The zero-order chi connectivity index (χ0) is 18.1. The third-order valence-corrected chi connectivity index (χ3v) is 5.63. The minimum Gasteiger partial charge on any atom is -0.350 e. The highest BCUT2D eigenvalue weighted by Gasteiger charge is 2.46. The maximum atomic E-state index is 12.7. The molecule has 1 aromatic heterocycles. The van der Waals surface area contributed by atoms with E-state index in [4.69, 9.17) is 0 Å². The number of pyridine rings is 1. The quantitative estimate of drug-likeness (QED) is 0.907. The van der Waals surface area contributed by atoms with Crippen LogP contribution >= 0.6 is 0 Å². The fourth-order valence-corrected chi connectivity index (χ4v) is 4.16. The Morgan fingerprint density at radius 3 is 2.62 bits per heavy atom. The number of aryl methyl sites for hydroxylation is 1. The molecule has 1 atom stereocenters. The monoisotopic (exact) mass is 349 g/mol. The highest BCUT2D eigenvalue weighted by Crippen LogP contribution is 2.39. The molecule has 0 saturated carbocycles. The molecular weight excluding hydrogens is 326 g/mol. The molecule has 2 amide bonds. The van der Waals surface area contributed by atoms with Crippen LogP contribution in [0.25, 0.3) is 0 Å². The van der Waals surface area contributed by atoms with Crippen molar-refractivity contribution >= 4 is 11.8 Å². The van der Waals surface area contributed by atoms with Gasteiger partial charge in [-0.1, -0.05) is 30.3 Å². The summed E-state index contributed by atoms with van der Waals surface area (Å²) in [4.78, 5) is 31.2. The summed E-state index contributed by atoms with van der Waals surface area (Å²) in [5.74, 6) is 0.0540. The lowest BCUT2D eigenvalue weighted by atomic mass is 9.82. The van der Waals surface area contributed by atoms with Crippen molar-refractivity contribution in [3.05, 3.63) is 65.5 Å². The van der Waals surface area contributed by atoms with Crippen LogP contribution < -0.4 is 5.32 Å². The first-order chi connectivity index (χ1) is 12.6. The van der Waals surface area contributed by atoms with Gasteiger partial charge in [0.05, 0.1) is 11.5 Å². The van der Waals surface area contributed by atoms with Gasteiger partial charge >= 0.3 is 0 Å². The Morgan fingerprint density at radius 1 is 1.19 bits per heavy atom. The summed E-state index contributed by atoms with van der Waals surface area (Å²) < 4.78 is 0. The molecule has 2 aromatic rings. The average molecular weight is 349 g/mol. The summed E-state index contributed by atoms with van der Waals surface area (Å²) in [6.45, 7) is 3.26. The number of nitrogens with zero attached hydrogens (tertiary/aromatic N) is 2. The highest BCUT2D eigenvalue weighted by molar-refractivity contribution is 5.94. The smallest absolute Gasteiger partial charge is 0.255 e. The highest BCUT2D eigenvalue weighted by atomic mass is 16.2. The molecule has 26 heavy (non-hydrogen) atoms. The number of benzene rings is 1. The average Bonchev–Trinajstić information content (AvgIpc) is 2.98. The second-order valence-electron chi connectivity index (χ2n) is 7.48. The van der Waals surface area contributed by atoms with E-state index in [1.165, 1.54) is 0 Å². The largest absolute Gasteiger partial charge is 0.350 e. The number of amides is 2. The van der Waals surface area contributed by atoms with E-state index in [0.717, 1.165) is 30.4 Å². The van der Waals surface area contributed by atoms with E-state index in [1.807, 2.05) is 48.2 Å². The van der Waals surface area contributed by atoms with Gasteiger partial charge in [0.15, 0.2) is 0 Å². The SMILES string of the molecule is Cc1cncc(C(=O)N2CCC3(CC2)C[C@H](c2ccccc2)C(=O)N3)c1. The van der Waals surface area contributed by atoms with E-state index < -0.39 is 0 Å². The summed E-state index contributed by atoms with van der Waals surface area (Å²) in [5, 5.41) is 3.24. The Balaban J connectivity index is 1.43. The van der Waals surface area contributed by atoms with Gasteiger partial charge in [-0.3, -0.25) is 14.6 Å². The van der Waals surface area contributed by atoms with Gasteiger partial charge in [-0.2, -0.15) is 0 Å². The Hall–Kier alpha value is -2.69. The second kappa shape index (κ2) is 6.56. The number of rotatable bonds is 2. The zero-order valence-electron chi connectivity index (χ0n) is 14.9. The molecule has 0 bridgehead atoms. The van der Waals surface area contributed by atoms with Crippen LogP contribution in [0.2, 0.25) is 0 Å². The van der Waals surface area contributed by atoms with E-state index >= 15 is 0 Å². The number of nitrogens with one attached hydrogen (secondary N) is 1. The maximum absolute atomic E-state index is 12.7. The standard InChI is InChI=1S/C21H23N3O2/c1-15-11-17(14-22-13-15)20(26)24-9-7-21(8-10-24)12-18(19(25)23-21)16-5-3-2-4-6-16/h2-6,11,13-14,18H,7-10,12H2,1H3,(H,23,25)/t18-/m1/s1. The van der Waals surface area contributed by atoms with E-state index in [2.05, 4.69) is 10.3 Å². The fourth-order valence-electron chi connectivity index (χ4n) is 4.16. The first-order valence-corrected chi connectivity index (χ1v) is 9.14. The lowest BCUT2D eigenvalue weighted by Gasteiger charge is -2.39. The van der Waals surface area contributed by atoms with Gasteiger partial charge < -0.3 is 10.2 Å². The summed E-state index contributed by atoms with van der Waals surface area (Å²) in [6, 6.07) is 11.8. The van der Waals surface area contributed by atoms with Crippen LogP contribution in [-0.2, 0) is 4.79 Å². The molecule has 1 aromatic carbocycles. The van der Waals surface area contributed by atoms with Gasteiger partial charge in [0, 0.05) is 31.0 Å². The van der Waals surface area contributed by atoms with Crippen molar-refractivity contribution in [3.8, 4) is 0 Å². The molecule has 2 fully saturated rings. The van der Waals surface area contributed by atoms with Crippen LogP contribution in [-0.4, -0.2) is 40.3 Å². The minimum atomic E-state index is -0.181. The fraction of sp³-hybridized carbons (Fsp3) is 0.381. The number of likely N-dealkylation sites (tertiary alicyclic amines) is 1. The normalized spacial score (nSPS) is 21.7. The van der Waals surface area contributed by atoms with E-state index in [9.17, 15) is 9.59 Å². The number of piperidine rings is 1. The molecule has 2 saturated heterocycles. The summed E-state index contributed by atoms with van der Waals surface area (Å²) >= 11 is 0. The number of aromatic nitrogens is 1. The number of hydrogen-bond donors (Lipinski definition) is 1. The molecule has 5 heteroatoms. The summed E-state index contributed by atoms with van der Waals surface area (Å²) in [7, 11) is 0. The van der Waals surface area contributed by atoms with E-state index in [0.29, 0.717) is 18.7 Å². The zero-order valence-corrected chi connectivity index (χ0v) is 14.9. The van der Waals surface area contributed by atoms with E-state index in [-0.39, 0.29) is 23.3 Å². The van der Waals surface area contributed by atoms with Crippen LogP contribution in [0.15, 0.2) is 48.8 Å². The van der Waals surface area contributed by atoms with Gasteiger partial charge in [0.1, 0.15) is 0 Å². The Morgan fingerprint density at radius 2 is 1.92 bits per heavy atom. The van der Waals surface area contributed by atoms with Crippen molar-refractivity contribution < 1.29 is 9.59 Å². The van der Waals surface area contributed by atoms with Gasteiger partial charge in [-0.15, -0.1) is 0 Å². The van der Waals surface area contributed by atoms with Crippen molar-refractivity contribution in [1.82, 2.24) is 15.2 Å². The molecule has 4 rings (SSSR count). The molecule has 2 aliphatic heterocycles. The topological polar surface area (TPSA) is 62.3 Å². The molecule has 3 heterocycles. The molecular formula is C21H23N3O2. The second-order valence-corrected chi connectivity index (χ2v) is 7.48. The molecule has 0 radical (unpaired) electrons. The van der Waals surface area contributed by atoms with E-state index in [1.54, 1.807) is 12.4 Å². The molecule has 0 aliphatic carbocycles. The molecule has 5 nitrogen and oxygen atoms in total. The Labute approximate surface area is 153 Å². The molecule has 134 valence electrons. The molecule has 1 N–H and O–H groups in total. The van der Waals surface area contributed by atoms with Crippen molar-refractivity contribution in [2.45, 2.75) is 37.6 Å². The maximum Gasteiger partial charge on any atom is 0.255 e. The summed E-state index contributed by atoms with van der Waals surface area (Å²) in [6.07, 6.45) is 5.78. The first kappa shape index (κ1) is 16.8. The van der Waals surface area contributed by atoms with Gasteiger partial charge in [0.2, 0.25) is 5.91 Å². The third-order valence-electron chi connectivity index (χ3n) is 5.63. The van der Waals surface area contributed by atoms with Crippen LogP contribution in [0, 0.1) is 6.92 Å². The Kier molecular flexibility index (Phi) is 4.23. The number of carbonyl (C=O) groups is 2. The Bertz CT molecular complexity index is 826. The van der Waals surface area contributed by atoms with Crippen LogP contribution in [0.3, 0.4) is 0 Å². The first-order valence-electron chi connectivity index (χ1n) is 9.14. The predicted octanol–water partition coefficient (Wildman–Crippen LogP) is 2.67. The lowest BCUT2D eigenvalue weighted by molar-refractivity contribution is -0.121. The predicted molar refractivity (Wildman–Crippen MR) is 98.8 cm³/mol. The van der Waals surface area contributed by atoms with Crippen molar-refractivity contribution in [2.75, 3.05) is 13.1 Å². The summed E-state index contributed by atoms with van der Waals surface area (Å²) in [5.41, 5.74) is 2.52. The number of hydrogen-bond acceptors (Lipinski definition) is 3. The van der Waals surface area contributed by atoms with Gasteiger partial charge in [-0.05, 0) is 43.4 Å². The van der Waals surface area contributed by atoms with Crippen molar-refractivity contribution in [3.63, 3.8) is 0 Å². The lowest BCUT2D eigenvalue weighted by Crippen LogP contribution is -2.52. The minimum absolute atomic E-state index is 0.0278. The van der Waals surface area contributed by atoms with Crippen molar-refractivity contribution in [2.24, 2.45) is 0 Å². The molecule has 0 unspecified atom stereocenters. The van der Waals surface area contributed by atoms with Crippen LogP contribution in [0.4, 0.5) is 0 Å². The third kappa shape index (κ3) is 3.09. The molecule has 2 aliphatic rings. The van der Waals surface area contributed by atoms with Crippen LogP contribution in [0.1, 0.15) is 46.7 Å². The van der Waals surface area contributed by atoms with Crippen LogP contribution in [0.5, 0.6) is 0 Å². The molecule has 1 spiro atoms. The van der Waals surface area contributed by atoms with Crippen molar-refractivity contribution in [1.29, 1.82) is 0 Å².